The molecular weight excluding hydrogens is 353 g/mol. The van der Waals surface area contributed by atoms with Crippen LogP contribution in [0, 0.1) is 20.8 Å². The topological polar surface area (TPSA) is 71.7 Å². The van der Waals surface area contributed by atoms with Crippen molar-refractivity contribution in [3.63, 3.8) is 0 Å². The van der Waals surface area contributed by atoms with Crippen LogP contribution in [0.1, 0.15) is 27.4 Å². The van der Waals surface area contributed by atoms with Gasteiger partial charge >= 0.3 is 0 Å². The number of hydrogen-bond donors (Lipinski definition) is 2. The van der Waals surface area contributed by atoms with Gasteiger partial charge in [0.2, 0.25) is 0 Å². The molecule has 2 rings (SSSR count). The molecule has 1 atom stereocenters. The molecule has 1 aromatic carbocycles. The largest absolute Gasteiger partial charge is 0.489 e. The van der Waals surface area contributed by atoms with E-state index in [0.717, 1.165) is 5.56 Å². The number of nitrogens with one attached hydrogen (secondary N) is 1. The minimum Gasteiger partial charge on any atom is -0.489 e. The predicted octanol–water partition coefficient (Wildman–Crippen LogP) is 3.68. The maximum absolute atomic E-state index is 12.2. The fourth-order valence-corrected chi connectivity index (χ4v) is 2.61. The molecule has 7 heteroatoms. The first-order chi connectivity index (χ1) is 11.3. The van der Waals surface area contributed by atoms with E-state index in [-0.39, 0.29) is 24.1 Å². The van der Waals surface area contributed by atoms with Crippen LogP contribution >= 0.6 is 23.2 Å². The van der Waals surface area contributed by atoms with Gasteiger partial charge in [-0.2, -0.15) is 0 Å². The second kappa shape index (κ2) is 7.92. The van der Waals surface area contributed by atoms with Crippen LogP contribution in [0.3, 0.4) is 0 Å². The number of halogens is 2. The minimum absolute atomic E-state index is 0.0251. The molecule has 1 aromatic heterocycles. The summed E-state index contributed by atoms with van der Waals surface area (Å²) in [7, 11) is 0. The van der Waals surface area contributed by atoms with E-state index in [4.69, 9.17) is 32.4 Å². The number of amides is 1. The van der Waals surface area contributed by atoms with E-state index in [1.165, 1.54) is 0 Å². The molecule has 0 fully saturated rings. The molecule has 0 aliphatic rings. The number of hydrogen-bond acceptors (Lipinski definition) is 4. The molecule has 1 amide bonds. The van der Waals surface area contributed by atoms with Crippen molar-refractivity contribution >= 4 is 29.1 Å². The van der Waals surface area contributed by atoms with Crippen LogP contribution in [0.25, 0.3) is 0 Å². The molecule has 1 heterocycles. The van der Waals surface area contributed by atoms with Gasteiger partial charge in [-0.1, -0.05) is 29.3 Å². The highest BCUT2D eigenvalue weighted by atomic mass is 35.5. The van der Waals surface area contributed by atoms with Crippen LogP contribution in [0.2, 0.25) is 10.0 Å². The van der Waals surface area contributed by atoms with E-state index in [1.54, 1.807) is 32.0 Å². The Hall–Kier alpha value is -1.69. The van der Waals surface area contributed by atoms with Gasteiger partial charge in [-0.05, 0) is 32.9 Å². The molecule has 0 aliphatic heterocycles. The number of rotatable bonds is 6. The second-order valence-corrected chi connectivity index (χ2v) is 6.23. The molecule has 130 valence electrons. The van der Waals surface area contributed by atoms with Crippen LogP contribution in [0.4, 0.5) is 0 Å². The summed E-state index contributed by atoms with van der Waals surface area (Å²) >= 11 is 11.9. The Kier molecular flexibility index (Phi) is 6.15. The summed E-state index contributed by atoms with van der Waals surface area (Å²) in [5.74, 6) is 1.35. The zero-order chi connectivity index (χ0) is 17.9. The standard InChI is InChI=1S/C17H19Cl2NO4/c1-9-10(2)24-11(3)15(9)17(22)20-7-12(21)8-23-14-6-4-5-13(18)16(14)19/h4-6,12,21H,7-8H2,1-3H3,(H,20,22). The predicted molar refractivity (Wildman–Crippen MR) is 93.2 cm³/mol. The molecule has 2 N–H and O–H groups in total. The van der Waals surface area contributed by atoms with E-state index in [9.17, 15) is 9.90 Å². The molecule has 0 bridgehead atoms. The highest BCUT2D eigenvalue weighted by Gasteiger charge is 2.19. The van der Waals surface area contributed by atoms with Gasteiger partial charge in [0.15, 0.2) is 0 Å². The Balaban J connectivity index is 1.88. The summed E-state index contributed by atoms with van der Waals surface area (Å²) in [6, 6.07) is 5.00. The van der Waals surface area contributed by atoms with E-state index in [0.29, 0.717) is 27.9 Å². The summed E-state index contributed by atoms with van der Waals surface area (Å²) in [4.78, 5) is 12.2. The molecule has 1 unspecified atom stereocenters. The molecule has 0 saturated heterocycles. The zero-order valence-corrected chi connectivity index (χ0v) is 15.2. The van der Waals surface area contributed by atoms with Gasteiger partial charge in [-0.3, -0.25) is 4.79 Å². The van der Waals surface area contributed by atoms with Gasteiger partial charge in [0.25, 0.3) is 5.91 Å². The molecule has 2 aromatic rings. The smallest absolute Gasteiger partial charge is 0.255 e. The van der Waals surface area contributed by atoms with Gasteiger partial charge in [-0.15, -0.1) is 0 Å². The molecule has 24 heavy (non-hydrogen) atoms. The van der Waals surface area contributed by atoms with Gasteiger partial charge in [-0.25, -0.2) is 0 Å². The van der Waals surface area contributed by atoms with Crippen LogP contribution < -0.4 is 10.1 Å². The lowest BCUT2D eigenvalue weighted by Gasteiger charge is -2.14. The Labute approximate surface area is 150 Å². The highest BCUT2D eigenvalue weighted by molar-refractivity contribution is 6.42. The number of benzene rings is 1. The third-order valence-corrected chi connectivity index (χ3v) is 4.44. The fourth-order valence-electron chi connectivity index (χ4n) is 2.27. The van der Waals surface area contributed by atoms with E-state index in [1.807, 2.05) is 6.92 Å². The zero-order valence-electron chi connectivity index (χ0n) is 13.7. The maximum atomic E-state index is 12.2. The Morgan fingerprint density at radius 2 is 2.00 bits per heavy atom. The van der Waals surface area contributed by atoms with Crippen LogP contribution in [-0.2, 0) is 0 Å². The number of aliphatic hydroxyl groups excluding tert-OH is 1. The molecular formula is C17H19Cl2NO4. The van der Waals surface area contributed by atoms with Gasteiger partial charge in [0.05, 0.1) is 10.6 Å². The Morgan fingerprint density at radius 3 is 2.62 bits per heavy atom. The highest BCUT2D eigenvalue weighted by Crippen LogP contribution is 2.31. The molecule has 0 saturated carbocycles. The number of aliphatic hydroxyl groups is 1. The summed E-state index contributed by atoms with van der Waals surface area (Å²) in [6.07, 6.45) is -0.891. The third-order valence-electron chi connectivity index (χ3n) is 3.63. The van der Waals surface area contributed by atoms with Crippen LogP contribution in [0.5, 0.6) is 5.75 Å². The summed E-state index contributed by atoms with van der Waals surface area (Å²) in [5.41, 5.74) is 1.29. The molecule has 5 nitrogen and oxygen atoms in total. The van der Waals surface area contributed by atoms with Gasteiger partial charge in [0.1, 0.15) is 35.0 Å². The average Bonchev–Trinajstić information content (AvgIpc) is 2.79. The van der Waals surface area contributed by atoms with Crippen molar-refractivity contribution < 1.29 is 19.1 Å². The van der Waals surface area contributed by atoms with E-state index >= 15 is 0 Å². The lowest BCUT2D eigenvalue weighted by Crippen LogP contribution is -2.35. The van der Waals surface area contributed by atoms with Crippen molar-refractivity contribution in [1.82, 2.24) is 5.32 Å². The van der Waals surface area contributed by atoms with Crippen LogP contribution in [0.15, 0.2) is 22.6 Å². The van der Waals surface area contributed by atoms with E-state index in [2.05, 4.69) is 5.32 Å². The molecule has 0 spiro atoms. The number of carbonyl (C=O) groups is 1. The minimum atomic E-state index is -0.891. The summed E-state index contributed by atoms with van der Waals surface area (Å²) < 4.78 is 10.9. The lowest BCUT2D eigenvalue weighted by molar-refractivity contribution is 0.0842. The Morgan fingerprint density at radius 1 is 1.29 bits per heavy atom. The summed E-state index contributed by atoms with van der Waals surface area (Å²) in [5, 5.41) is 13.3. The SMILES string of the molecule is Cc1oc(C)c(C(=O)NCC(O)COc2cccc(Cl)c2Cl)c1C. The van der Waals surface area contributed by atoms with Crippen molar-refractivity contribution in [2.24, 2.45) is 0 Å². The van der Waals surface area contributed by atoms with Crippen molar-refractivity contribution in [2.75, 3.05) is 13.2 Å². The number of furan rings is 1. The van der Waals surface area contributed by atoms with Gasteiger partial charge < -0.3 is 19.6 Å². The quantitative estimate of drug-likeness (QED) is 0.812. The molecule has 0 aliphatic carbocycles. The summed E-state index contributed by atoms with van der Waals surface area (Å²) in [6.45, 7) is 5.37. The normalized spacial score (nSPS) is 12.1. The molecule has 0 radical (unpaired) electrons. The van der Waals surface area contributed by atoms with E-state index < -0.39 is 6.10 Å². The second-order valence-electron chi connectivity index (χ2n) is 5.44. The van der Waals surface area contributed by atoms with Crippen molar-refractivity contribution in [3.8, 4) is 5.75 Å². The van der Waals surface area contributed by atoms with Crippen LogP contribution in [-0.4, -0.2) is 30.3 Å². The monoisotopic (exact) mass is 371 g/mol. The fraction of sp³-hybridized carbons (Fsp3) is 0.353. The Bertz CT molecular complexity index is 742. The number of aryl methyl sites for hydroxylation is 2. The number of carbonyl (C=O) groups excluding carboxylic acids is 1. The van der Waals surface area contributed by atoms with Gasteiger partial charge in [0, 0.05) is 12.1 Å². The van der Waals surface area contributed by atoms with Crippen molar-refractivity contribution in [1.29, 1.82) is 0 Å². The average molecular weight is 372 g/mol. The first-order valence-corrected chi connectivity index (χ1v) is 8.16. The van der Waals surface area contributed by atoms with Crippen molar-refractivity contribution in [3.05, 3.63) is 50.9 Å². The van der Waals surface area contributed by atoms with Crippen molar-refractivity contribution in [2.45, 2.75) is 26.9 Å². The lowest BCUT2D eigenvalue weighted by atomic mass is 10.1. The first-order valence-electron chi connectivity index (χ1n) is 7.41. The number of ether oxygens (including phenoxy) is 1. The maximum Gasteiger partial charge on any atom is 0.255 e. The third kappa shape index (κ3) is 4.23. The first kappa shape index (κ1) is 18.6.